The van der Waals surface area contributed by atoms with Crippen LogP contribution in [-0.2, 0) is 16.6 Å². The van der Waals surface area contributed by atoms with Crippen LogP contribution in [0, 0.1) is 0 Å². The summed E-state index contributed by atoms with van der Waals surface area (Å²) in [5.41, 5.74) is -0.842. The summed E-state index contributed by atoms with van der Waals surface area (Å²) in [6, 6.07) is 8.45. The molecule has 8 nitrogen and oxygen atoms in total. The Labute approximate surface area is 161 Å². The first-order valence-electron chi connectivity index (χ1n) is 8.03. The van der Waals surface area contributed by atoms with E-state index < -0.39 is 33.4 Å². The van der Waals surface area contributed by atoms with Crippen molar-refractivity contribution < 1.29 is 26.3 Å². The lowest BCUT2D eigenvalue weighted by Crippen LogP contribution is -2.27. The molecular weight excluding hydrogens is 415 g/mol. The molecule has 0 amide bonds. The molecule has 0 aliphatic carbocycles. The third kappa shape index (κ3) is 4.66. The molecule has 2 N–H and O–H groups in total. The maximum absolute atomic E-state index is 12.8. The molecule has 12 heteroatoms. The molecule has 3 aromatic rings. The first kappa shape index (κ1) is 20.6. The van der Waals surface area contributed by atoms with Crippen molar-refractivity contribution in [1.82, 2.24) is 14.3 Å². The number of sulfonamides is 1. The van der Waals surface area contributed by atoms with E-state index in [2.05, 4.69) is 9.72 Å². The molecule has 2 aromatic carbocycles. The zero-order valence-electron chi connectivity index (χ0n) is 14.8. The Morgan fingerprint density at radius 1 is 1.03 bits per heavy atom. The normalized spacial score (nSPS) is 12.4. The van der Waals surface area contributed by atoms with E-state index in [1.807, 2.05) is 4.98 Å². The summed E-state index contributed by atoms with van der Waals surface area (Å²) in [4.78, 5) is 27.4. The van der Waals surface area contributed by atoms with Crippen LogP contribution in [0.15, 0.2) is 56.9 Å². The maximum Gasteiger partial charge on any atom is 0.573 e. The summed E-state index contributed by atoms with van der Waals surface area (Å²) in [5, 5.41) is -0.00673. The first-order chi connectivity index (χ1) is 13.5. The number of alkyl halides is 3. The minimum Gasteiger partial charge on any atom is -0.406 e. The zero-order valence-corrected chi connectivity index (χ0v) is 15.6. The van der Waals surface area contributed by atoms with Crippen LogP contribution < -0.4 is 16.0 Å². The van der Waals surface area contributed by atoms with Crippen molar-refractivity contribution in [3.8, 4) is 5.75 Å². The third-order valence-corrected chi connectivity index (χ3v) is 5.78. The number of nitrogens with one attached hydrogen (secondary N) is 2. The lowest BCUT2D eigenvalue weighted by Gasteiger charge is -2.18. The number of ether oxygens (including phenoxy) is 1. The predicted octanol–water partition coefficient (Wildman–Crippen LogP) is 1.94. The van der Waals surface area contributed by atoms with Crippen molar-refractivity contribution in [2.45, 2.75) is 17.8 Å². The molecule has 1 heterocycles. The highest BCUT2D eigenvalue weighted by Crippen LogP contribution is 2.24. The zero-order chi connectivity index (χ0) is 21.4. The summed E-state index contributed by atoms with van der Waals surface area (Å²) in [5.74, 6) is -0.422. The molecule has 154 valence electrons. The Hall–Kier alpha value is -3.12. The third-order valence-electron chi connectivity index (χ3n) is 3.98. The quantitative estimate of drug-likeness (QED) is 0.644. The van der Waals surface area contributed by atoms with Crippen LogP contribution in [0.2, 0.25) is 0 Å². The van der Waals surface area contributed by atoms with Crippen LogP contribution in [0.25, 0.3) is 10.9 Å². The second kappa shape index (κ2) is 7.37. The van der Waals surface area contributed by atoms with Crippen LogP contribution >= 0.6 is 0 Å². The predicted molar refractivity (Wildman–Crippen MR) is 97.0 cm³/mol. The van der Waals surface area contributed by atoms with Gasteiger partial charge in [-0.1, -0.05) is 12.1 Å². The van der Waals surface area contributed by atoms with Gasteiger partial charge in [0.15, 0.2) is 0 Å². The van der Waals surface area contributed by atoms with Gasteiger partial charge in [0.25, 0.3) is 5.56 Å². The largest absolute Gasteiger partial charge is 0.573 e. The summed E-state index contributed by atoms with van der Waals surface area (Å²) in [6.07, 6.45) is -4.82. The van der Waals surface area contributed by atoms with E-state index in [1.54, 1.807) is 0 Å². The van der Waals surface area contributed by atoms with Crippen LogP contribution in [0.1, 0.15) is 5.56 Å². The number of halogens is 3. The summed E-state index contributed by atoms with van der Waals surface area (Å²) in [6.45, 7) is -0.130. The summed E-state index contributed by atoms with van der Waals surface area (Å²) >= 11 is 0. The molecule has 3 rings (SSSR count). The molecule has 0 unspecified atom stereocenters. The lowest BCUT2D eigenvalue weighted by molar-refractivity contribution is -0.274. The van der Waals surface area contributed by atoms with Gasteiger partial charge < -0.3 is 9.72 Å². The Kier molecular flexibility index (Phi) is 5.24. The van der Waals surface area contributed by atoms with Gasteiger partial charge in [-0.25, -0.2) is 13.2 Å². The van der Waals surface area contributed by atoms with Gasteiger partial charge in [-0.05, 0) is 35.9 Å². The van der Waals surface area contributed by atoms with Crippen molar-refractivity contribution >= 4 is 20.9 Å². The van der Waals surface area contributed by atoms with Gasteiger partial charge in [0.05, 0.1) is 15.8 Å². The highest BCUT2D eigenvalue weighted by atomic mass is 32.2. The Morgan fingerprint density at radius 3 is 2.31 bits per heavy atom. The molecule has 0 saturated heterocycles. The highest BCUT2D eigenvalue weighted by molar-refractivity contribution is 7.89. The van der Waals surface area contributed by atoms with Crippen molar-refractivity contribution in [3.05, 3.63) is 68.9 Å². The van der Waals surface area contributed by atoms with Crippen LogP contribution in [0.4, 0.5) is 13.2 Å². The minimum absolute atomic E-state index is 0.00673. The number of aromatic amines is 2. The number of benzene rings is 2. The minimum atomic E-state index is -4.82. The second-order valence-electron chi connectivity index (χ2n) is 6.07. The molecule has 1 aromatic heterocycles. The topological polar surface area (TPSA) is 112 Å². The fourth-order valence-corrected chi connectivity index (χ4v) is 3.81. The number of nitrogens with zero attached hydrogens (tertiary/aromatic N) is 1. The van der Waals surface area contributed by atoms with E-state index in [0.29, 0.717) is 5.56 Å². The molecule has 0 aliphatic heterocycles. The van der Waals surface area contributed by atoms with Gasteiger partial charge in [-0.3, -0.25) is 9.78 Å². The average Bonchev–Trinajstić information content (AvgIpc) is 2.61. The van der Waals surface area contributed by atoms with E-state index in [9.17, 15) is 31.2 Å². The Bertz CT molecular complexity index is 1260. The number of rotatable bonds is 5. The van der Waals surface area contributed by atoms with Crippen molar-refractivity contribution in [2.24, 2.45) is 0 Å². The molecule has 0 aliphatic rings. The smallest absolute Gasteiger partial charge is 0.406 e. The van der Waals surface area contributed by atoms with Crippen molar-refractivity contribution in [2.75, 3.05) is 7.05 Å². The summed E-state index contributed by atoms with van der Waals surface area (Å²) < 4.78 is 66.9. The number of hydrogen-bond acceptors (Lipinski definition) is 5. The van der Waals surface area contributed by atoms with E-state index in [0.717, 1.165) is 22.5 Å². The van der Waals surface area contributed by atoms with E-state index in [-0.39, 0.29) is 22.3 Å². The van der Waals surface area contributed by atoms with Gasteiger partial charge in [-0.15, -0.1) is 13.2 Å². The van der Waals surface area contributed by atoms with E-state index in [1.165, 1.54) is 31.3 Å². The van der Waals surface area contributed by atoms with E-state index >= 15 is 0 Å². The second-order valence-corrected chi connectivity index (χ2v) is 8.11. The SMILES string of the molecule is CN(Cc1ccc(OC(F)(F)F)cc1)S(=O)(=O)c1ccc2[nH]c(=O)[nH]c(=O)c2c1. The molecule has 0 bridgehead atoms. The molecule has 0 saturated carbocycles. The maximum atomic E-state index is 12.8. The number of H-pyrrole nitrogens is 2. The molecule has 0 fully saturated rings. The van der Waals surface area contributed by atoms with E-state index in [4.69, 9.17) is 0 Å². The fraction of sp³-hybridized carbons (Fsp3) is 0.176. The van der Waals surface area contributed by atoms with Crippen LogP contribution in [0.5, 0.6) is 5.75 Å². The fourth-order valence-electron chi connectivity index (χ4n) is 2.62. The van der Waals surface area contributed by atoms with Gasteiger partial charge in [0.2, 0.25) is 10.0 Å². The van der Waals surface area contributed by atoms with Gasteiger partial charge in [-0.2, -0.15) is 4.31 Å². The molecule has 0 spiro atoms. The lowest BCUT2D eigenvalue weighted by atomic mass is 10.2. The number of hydrogen-bond donors (Lipinski definition) is 2. The van der Waals surface area contributed by atoms with Crippen molar-refractivity contribution in [1.29, 1.82) is 0 Å². The first-order valence-corrected chi connectivity index (χ1v) is 9.47. The van der Waals surface area contributed by atoms with Gasteiger partial charge >= 0.3 is 12.1 Å². The highest BCUT2D eigenvalue weighted by Gasteiger charge is 2.31. The molecule has 29 heavy (non-hydrogen) atoms. The van der Waals surface area contributed by atoms with Gasteiger partial charge in [0, 0.05) is 13.6 Å². The number of aromatic nitrogens is 2. The average molecular weight is 429 g/mol. The number of fused-ring (bicyclic) bond motifs is 1. The van der Waals surface area contributed by atoms with Gasteiger partial charge in [0.1, 0.15) is 5.75 Å². The van der Waals surface area contributed by atoms with Crippen LogP contribution in [-0.4, -0.2) is 36.1 Å². The molecular formula is C17H14F3N3O5S. The Morgan fingerprint density at radius 2 is 1.69 bits per heavy atom. The Balaban J connectivity index is 1.85. The summed E-state index contributed by atoms with van der Waals surface area (Å²) in [7, 11) is -2.73. The van der Waals surface area contributed by atoms with Crippen molar-refractivity contribution in [3.63, 3.8) is 0 Å². The van der Waals surface area contributed by atoms with Crippen LogP contribution in [0.3, 0.4) is 0 Å². The molecule has 0 atom stereocenters. The monoisotopic (exact) mass is 429 g/mol. The standard InChI is InChI=1S/C17H14F3N3O5S/c1-23(9-10-2-4-11(5-3-10)28-17(18,19)20)29(26,27)12-6-7-14-13(8-12)15(24)22-16(25)21-14/h2-8H,9H2,1H3,(H2,21,22,24,25). The molecule has 0 radical (unpaired) electrons.